The molecule has 2 aromatic rings. The van der Waals surface area contributed by atoms with Crippen molar-refractivity contribution >= 4 is 11.5 Å². The van der Waals surface area contributed by atoms with E-state index in [1.807, 2.05) is 32.0 Å². The first-order chi connectivity index (χ1) is 8.12. The molecule has 0 saturated heterocycles. The largest absolute Gasteiger partial charge is 0.497 e. The van der Waals surface area contributed by atoms with E-state index >= 15 is 0 Å². The molecule has 0 spiro atoms. The second kappa shape index (κ2) is 3.43. The molecule has 0 aliphatic carbocycles. The van der Waals surface area contributed by atoms with Gasteiger partial charge in [0.05, 0.1) is 12.0 Å². The van der Waals surface area contributed by atoms with Gasteiger partial charge in [-0.2, -0.15) is 0 Å². The van der Waals surface area contributed by atoms with Crippen LogP contribution in [0, 0.1) is 0 Å². The van der Waals surface area contributed by atoms with Gasteiger partial charge in [-0.05, 0) is 37.5 Å². The van der Waals surface area contributed by atoms with Gasteiger partial charge < -0.3 is 9.47 Å². The van der Waals surface area contributed by atoms with Crippen molar-refractivity contribution in [1.82, 2.24) is 9.59 Å². The zero-order valence-corrected chi connectivity index (χ0v) is 10.7. The number of methoxy groups -OCH3 is 1. The minimum Gasteiger partial charge on any atom is -0.497 e. The van der Waals surface area contributed by atoms with Crippen LogP contribution >= 0.6 is 11.5 Å². The predicted molar refractivity (Wildman–Crippen MR) is 65.6 cm³/mol. The average Bonchev–Trinajstić information content (AvgIpc) is 2.77. The van der Waals surface area contributed by atoms with Gasteiger partial charge in [0.25, 0.3) is 0 Å². The third-order valence-corrected chi connectivity index (χ3v) is 3.87. The number of aromatic nitrogens is 2. The molecule has 0 amide bonds. The Labute approximate surface area is 103 Å². The fraction of sp³-hybridized carbons (Fsp3) is 0.333. The Balaban J connectivity index is 2.23. The number of rotatable bonds is 1. The van der Waals surface area contributed by atoms with Gasteiger partial charge in [0.1, 0.15) is 22.8 Å². The lowest BCUT2D eigenvalue weighted by molar-refractivity contribution is 0.109. The highest BCUT2D eigenvalue weighted by Crippen LogP contribution is 2.46. The average molecular weight is 248 g/mol. The van der Waals surface area contributed by atoms with Crippen molar-refractivity contribution in [3.63, 3.8) is 0 Å². The summed E-state index contributed by atoms with van der Waals surface area (Å²) >= 11 is 1.39. The molecule has 0 radical (unpaired) electrons. The Kier molecular flexibility index (Phi) is 2.13. The molecule has 88 valence electrons. The number of nitrogens with zero attached hydrogens (tertiary/aromatic N) is 2. The molecular formula is C12H12N2O2S. The third kappa shape index (κ3) is 1.50. The summed E-state index contributed by atoms with van der Waals surface area (Å²) in [6.45, 7) is 4.04. The standard InChI is InChI=1S/C12H12N2O2S/c1-12(2)11-10(13-14-17-11)8-5-4-7(15-3)6-9(8)16-12/h4-6H,1-3H3. The molecule has 1 aliphatic rings. The van der Waals surface area contributed by atoms with Crippen LogP contribution < -0.4 is 9.47 Å². The summed E-state index contributed by atoms with van der Waals surface area (Å²) in [5.41, 5.74) is 1.51. The van der Waals surface area contributed by atoms with Gasteiger partial charge >= 0.3 is 0 Å². The van der Waals surface area contributed by atoms with Crippen molar-refractivity contribution in [2.24, 2.45) is 0 Å². The van der Waals surface area contributed by atoms with E-state index in [9.17, 15) is 0 Å². The quantitative estimate of drug-likeness (QED) is 0.778. The summed E-state index contributed by atoms with van der Waals surface area (Å²) in [6, 6.07) is 5.76. The second-order valence-electron chi connectivity index (χ2n) is 4.43. The number of ether oxygens (including phenoxy) is 2. The molecular weight excluding hydrogens is 236 g/mol. The SMILES string of the molecule is COc1ccc2c(c1)OC(C)(C)c1snnc1-2. The Morgan fingerprint density at radius 1 is 1.35 bits per heavy atom. The molecule has 5 heteroatoms. The molecule has 1 aliphatic heterocycles. The molecule has 2 heterocycles. The zero-order valence-electron chi connectivity index (χ0n) is 9.85. The van der Waals surface area contributed by atoms with Gasteiger partial charge in [0.15, 0.2) is 0 Å². The number of hydrogen-bond acceptors (Lipinski definition) is 5. The van der Waals surface area contributed by atoms with Gasteiger partial charge in [0.2, 0.25) is 0 Å². The van der Waals surface area contributed by atoms with E-state index < -0.39 is 0 Å². The molecule has 4 nitrogen and oxygen atoms in total. The van der Waals surface area contributed by atoms with Crippen molar-refractivity contribution in [2.45, 2.75) is 19.4 Å². The fourth-order valence-electron chi connectivity index (χ4n) is 1.99. The van der Waals surface area contributed by atoms with E-state index in [2.05, 4.69) is 9.59 Å². The van der Waals surface area contributed by atoms with Gasteiger partial charge in [0, 0.05) is 11.6 Å². The molecule has 1 aromatic heterocycles. The Morgan fingerprint density at radius 2 is 2.18 bits per heavy atom. The van der Waals surface area contributed by atoms with Crippen LogP contribution in [0.2, 0.25) is 0 Å². The molecule has 0 unspecified atom stereocenters. The van der Waals surface area contributed by atoms with Crippen molar-refractivity contribution in [3.05, 3.63) is 23.1 Å². The van der Waals surface area contributed by atoms with Crippen molar-refractivity contribution in [3.8, 4) is 22.8 Å². The summed E-state index contributed by atoms with van der Waals surface area (Å²) in [5, 5.41) is 4.20. The Bertz CT molecular complexity index is 578. The summed E-state index contributed by atoms with van der Waals surface area (Å²) in [6.07, 6.45) is 0. The normalized spacial score (nSPS) is 15.7. The minimum absolute atomic E-state index is 0.386. The molecule has 3 rings (SSSR count). The van der Waals surface area contributed by atoms with Crippen molar-refractivity contribution in [2.75, 3.05) is 7.11 Å². The molecule has 1 aromatic carbocycles. The smallest absolute Gasteiger partial charge is 0.141 e. The highest BCUT2D eigenvalue weighted by atomic mass is 32.1. The lowest BCUT2D eigenvalue weighted by Crippen LogP contribution is -2.27. The first kappa shape index (κ1) is 10.5. The van der Waals surface area contributed by atoms with Crippen LogP contribution in [0.1, 0.15) is 18.7 Å². The van der Waals surface area contributed by atoms with Crippen LogP contribution in [0.3, 0.4) is 0 Å². The maximum atomic E-state index is 6.00. The third-order valence-electron chi connectivity index (χ3n) is 2.84. The molecule has 0 bridgehead atoms. The fourth-order valence-corrected chi connectivity index (χ4v) is 2.70. The monoisotopic (exact) mass is 248 g/mol. The van der Waals surface area contributed by atoms with Gasteiger partial charge in [-0.25, -0.2) is 0 Å². The molecule has 17 heavy (non-hydrogen) atoms. The van der Waals surface area contributed by atoms with Crippen molar-refractivity contribution in [1.29, 1.82) is 0 Å². The molecule has 0 saturated carbocycles. The Hall–Kier alpha value is -1.62. The second-order valence-corrected chi connectivity index (χ2v) is 5.18. The van der Waals surface area contributed by atoms with Crippen LogP contribution in [0.15, 0.2) is 18.2 Å². The van der Waals surface area contributed by atoms with E-state index in [4.69, 9.17) is 9.47 Å². The summed E-state index contributed by atoms with van der Waals surface area (Å²) in [5.74, 6) is 1.58. The number of fused-ring (bicyclic) bond motifs is 3. The van der Waals surface area contributed by atoms with Gasteiger partial charge in [-0.3, -0.25) is 0 Å². The summed E-state index contributed by atoms with van der Waals surface area (Å²) < 4.78 is 15.2. The van der Waals surface area contributed by atoms with Gasteiger partial charge in [-0.15, -0.1) is 5.10 Å². The lowest BCUT2D eigenvalue weighted by Gasteiger charge is -2.31. The molecule has 0 atom stereocenters. The maximum Gasteiger partial charge on any atom is 0.141 e. The van der Waals surface area contributed by atoms with Crippen LogP contribution in [-0.2, 0) is 5.60 Å². The highest BCUT2D eigenvalue weighted by Gasteiger charge is 2.36. The molecule has 0 fully saturated rings. The Morgan fingerprint density at radius 3 is 2.94 bits per heavy atom. The van der Waals surface area contributed by atoms with E-state index in [0.29, 0.717) is 0 Å². The van der Waals surface area contributed by atoms with Crippen molar-refractivity contribution < 1.29 is 9.47 Å². The first-order valence-corrected chi connectivity index (χ1v) is 6.09. The minimum atomic E-state index is -0.386. The topological polar surface area (TPSA) is 44.2 Å². The first-order valence-electron chi connectivity index (χ1n) is 5.32. The summed E-state index contributed by atoms with van der Waals surface area (Å²) in [4.78, 5) is 1.06. The number of hydrogen-bond donors (Lipinski definition) is 0. The number of benzene rings is 1. The van der Waals surface area contributed by atoms with Crippen LogP contribution in [0.25, 0.3) is 11.3 Å². The molecule has 0 N–H and O–H groups in total. The van der Waals surface area contributed by atoms with Crippen LogP contribution in [0.5, 0.6) is 11.5 Å². The van der Waals surface area contributed by atoms with Crippen LogP contribution in [-0.4, -0.2) is 16.7 Å². The highest BCUT2D eigenvalue weighted by molar-refractivity contribution is 7.06. The zero-order chi connectivity index (χ0) is 12.0. The van der Waals surface area contributed by atoms with E-state index in [-0.39, 0.29) is 5.60 Å². The van der Waals surface area contributed by atoms with E-state index in [0.717, 1.165) is 27.6 Å². The predicted octanol–water partition coefficient (Wildman–Crippen LogP) is 2.84. The lowest BCUT2D eigenvalue weighted by atomic mass is 9.97. The van der Waals surface area contributed by atoms with E-state index in [1.165, 1.54) is 11.5 Å². The summed E-state index contributed by atoms with van der Waals surface area (Å²) in [7, 11) is 1.64. The van der Waals surface area contributed by atoms with Crippen LogP contribution in [0.4, 0.5) is 0 Å². The van der Waals surface area contributed by atoms with E-state index in [1.54, 1.807) is 7.11 Å². The maximum absolute atomic E-state index is 6.00. The van der Waals surface area contributed by atoms with Gasteiger partial charge in [-0.1, -0.05) is 4.49 Å².